The van der Waals surface area contributed by atoms with Crippen molar-refractivity contribution in [1.29, 1.82) is 0 Å². The maximum Gasteiger partial charge on any atom is 0.416 e. The maximum absolute atomic E-state index is 13.2. The molecule has 186 valence electrons. The number of nitrogens with zero attached hydrogens (tertiary/aromatic N) is 1. The Balaban J connectivity index is 1.53. The molecule has 0 saturated heterocycles. The number of aromatic nitrogens is 2. The predicted octanol–water partition coefficient (Wildman–Crippen LogP) is 7.25. The van der Waals surface area contributed by atoms with Crippen LogP contribution in [-0.2, 0) is 12.6 Å². The molecular formula is C26H22ClF3N4O2. The molecule has 0 saturated carbocycles. The SMILES string of the molecule is Cc1ccc(Cl)c(Nc2nc3c4c(c(C(=O)Nc5cccc(C(F)(F)F)c5)cc3[nH]2)OC(C)(C)C4)c1. The molecule has 3 N–H and O–H groups in total. The van der Waals surface area contributed by atoms with Gasteiger partial charge in [-0.2, -0.15) is 13.2 Å². The summed E-state index contributed by atoms with van der Waals surface area (Å²) in [6.45, 7) is 5.74. The lowest BCUT2D eigenvalue weighted by atomic mass is 9.98. The van der Waals surface area contributed by atoms with E-state index in [-0.39, 0.29) is 11.3 Å². The zero-order valence-corrected chi connectivity index (χ0v) is 20.4. The number of halogens is 4. The van der Waals surface area contributed by atoms with Crippen LogP contribution in [0.5, 0.6) is 5.75 Å². The van der Waals surface area contributed by atoms with Gasteiger partial charge < -0.3 is 20.4 Å². The Morgan fingerprint density at radius 2 is 1.94 bits per heavy atom. The summed E-state index contributed by atoms with van der Waals surface area (Å²) in [5.74, 6) is 0.208. The molecule has 10 heteroatoms. The Labute approximate surface area is 209 Å². The standard InChI is InChI=1S/C26H22ClF3N4O2/c1-13-7-8-18(27)19(9-13)32-24-33-20-11-16(22-17(21(20)34-24)12-25(2,3)36-22)23(35)31-15-6-4-5-14(10-15)26(28,29)30/h4-11H,12H2,1-3H3,(H,31,35)(H2,32,33,34). The second kappa shape index (κ2) is 8.44. The van der Waals surface area contributed by atoms with Crippen molar-refractivity contribution >= 4 is 45.9 Å². The van der Waals surface area contributed by atoms with Gasteiger partial charge in [0.2, 0.25) is 5.95 Å². The quantitative estimate of drug-likeness (QED) is 0.268. The summed E-state index contributed by atoms with van der Waals surface area (Å²) in [4.78, 5) is 21.1. The Bertz CT molecular complexity index is 1510. The molecule has 0 unspecified atom stereocenters. The number of H-pyrrole nitrogens is 1. The van der Waals surface area contributed by atoms with Crippen molar-refractivity contribution in [2.45, 2.75) is 39.0 Å². The third kappa shape index (κ3) is 4.58. The number of ether oxygens (including phenoxy) is 1. The van der Waals surface area contributed by atoms with Crippen molar-refractivity contribution in [2.75, 3.05) is 10.6 Å². The molecule has 2 heterocycles. The van der Waals surface area contributed by atoms with Crippen molar-refractivity contribution in [3.63, 3.8) is 0 Å². The second-order valence-electron chi connectivity index (χ2n) is 9.39. The van der Waals surface area contributed by atoms with E-state index in [4.69, 9.17) is 16.3 Å². The van der Waals surface area contributed by atoms with E-state index in [0.717, 1.165) is 23.3 Å². The smallest absolute Gasteiger partial charge is 0.416 e. The normalized spacial score (nSPS) is 14.4. The number of fused-ring (bicyclic) bond motifs is 3. The Hall–Kier alpha value is -3.72. The van der Waals surface area contributed by atoms with Gasteiger partial charge in [-0.25, -0.2) is 4.98 Å². The van der Waals surface area contributed by atoms with Gasteiger partial charge in [0.15, 0.2) is 0 Å². The third-order valence-corrected chi connectivity index (χ3v) is 6.20. The third-order valence-electron chi connectivity index (χ3n) is 5.87. The van der Waals surface area contributed by atoms with Crippen LogP contribution in [-0.4, -0.2) is 21.5 Å². The maximum atomic E-state index is 13.2. The predicted molar refractivity (Wildman–Crippen MR) is 133 cm³/mol. The molecule has 1 aliphatic rings. The average molecular weight is 515 g/mol. The largest absolute Gasteiger partial charge is 0.486 e. The summed E-state index contributed by atoms with van der Waals surface area (Å²) in [6, 6.07) is 11.7. The van der Waals surface area contributed by atoms with Crippen LogP contribution < -0.4 is 15.4 Å². The minimum atomic E-state index is -4.52. The average Bonchev–Trinajstić information content (AvgIpc) is 3.34. The molecule has 1 aromatic heterocycles. The van der Waals surface area contributed by atoms with Crippen LogP contribution >= 0.6 is 11.6 Å². The first-order valence-corrected chi connectivity index (χ1v) is 11.5. The number of anilines is 3. The first-order chi connectivity index (χ1) is 16.9. The van der Waals surface area contributed by atoms with Gasteiger partial charge >= 0.3 is 6.18 Å². The molecule has 6 nitrogen and oxygen atoms in total. The van der Waals surface area contributed by atoms with Gasteiger partial charge in [-0.3, -0.25) is 4.79 Å². The molecule has 0 fully saturated rings. The summed E-state index contributed by atoms with van der Waals surface area (Å²) in [5, 5.41) is 6.27. The second-order valence-corrected chi connectivity index (χ2v) is 9.80. The summed E-state index contributed by atoms with van der Waals surface area (Å²) >= 11 is 6.31. The van der Waals surface area contributed by atoms with Gasteiger partial charge in [0.25, 0.3) is 5.91 Å². The summed E-state index contributed by atoms with van der Waals surface area (Å²) in [6.07, 6.45) is -4.02. The number of alkyl halides is 3. The fraction of sp³-hybridized carbons (Fsp3) is 0.231. The number of rotatable bonds is 4. The highest BCUT2D eigenvalue weighted by Gasteiger charge is 2.36. The van der Waals surface area contributed by atoms with E-state index in [1.165, 1.54) is 12.1 Å². The summed E-state index contributed by atoms with van der Waals surface area (Å²) in [7, 11) is 0. The molecule has 5 rings (SSSR count). The molecule has 0 bridgehead atoms. The highest BCUT2D eigenvalue weighted by molar-refractivity contribution is 6.33. The van der Waals surface area contributed by atoms with Crippen LogP contribution in [0.4, 0.5) is 30.5 Å². The molecule has 0 atom stereocenters. The van der Waals surface area contributed by atoms with Gasteiger partial charge in [-0.15, -0.1) is 0 Å². The molecule has 0 radical (unpaired) electrons. The Morgan fingerprint density at radius 1 is 1.17 bits per heavy atom. The first-order valence-electron chi connectivity index (χ1n) is 11.2. The lowest BCUT2D eigenvalue weighted by Gasteiger charge is -2.18. The molecule has 1 amide bonds. The van der Waals surface area contributed by atoms with Crippen molar-refractivity contribution in [3.05, 3.63) is 75.8 Å². The van der Waals surface area contributed by atoms with Gasteiger partial charge in [0.1, 0.15) is 11.4 Å². The van der Waals surface area contributed by atoms with E-state index >= 15 is 0 Å². The summed E-state index contributed by atoms with van der Waals surface area (Å²) < 4.78 is 45.4. The number of nitrogens with one attached hydrogen (secondary N) is 3. The van der Waals surface area contributed by atoms with E-state index < -0.39 is 23.2 Å². The molecule has 3 aromatic carbocycles. The van der Waals surface area contributed by atoms with E-state index in [2.05, 4.69) is 20.6 Å². The highest BCUT2D eigenvalue weighted by atomic mass is 35.5. The van der Waals surface area contributed by atoms with Crippen LogP contribution in [0.3, 0.4) is 0 Å². The van der Waals surface area contributed by atoms with Crippen molar-refractivity contribution in [1.82, 2.24) is 9.97 Å². The van der Waals surface area contributed by atoms with Crippen molar-refractivity contribution < 1.29 is 22.7 Å². The first kappa shape index (κ1) is 24.0. The van der Waals surface area contributed by atoms with Crippen LogP contribution in [0, 0.1) is 6.92 Å². The van der Waals surface area contributed by atoms with Gasteiger partial charge in [-0.1, -0.05) is 23.7 Å². The molecule has 0 aliphatic carbocycles. The zero-order valence-electron chi connectivity index (χ0n) is 19.6. The molecular weight excluding hydrogens is 493 g/mol. The number of hydrogen-bond acceptors (Lipinski definition) is 4. The molecule has 36 heavy (non-hydrogen) atoms. The van der Waals surface area contributed by atoms with Crippen LogP contribution in [0.15, 0.2) is 48.5 Å². The Morgan fingerprint density at radius 3 is 2.69 bits per heavy atom. The number of hydrogen-bond donors (Lipinski definition) is 3. The van der Waals surface area contributed by atoms with Crippen LogP contribution in [0.25, 0.3) is 11.0 Å². The van der Waals surface area contributed by atoms with Crippen molar-refractivity contribution in [3.8, 4) is 5.75 Å². The monoisotopic (exact) mass is 514 g/mol. The minimum absolute atomic E-state index is 0.0296. The molecule has 0 spiro atoms. The van der Waals surface area contributed by atoms with E-state index in [0.29, 0.717) is 39.9 Å². The Kier molecular flexibility index (Phi) is 5.63. The molecule has 4 aromatic rings. The number of aryl methyl sites for hydroxylation is 1. The lowest BCUT2D eigenvalue weighted by molar-refractivity contribution is -0.137. The number of carbonyl (C=O) groups is 1. The highest BCUT2D eigenvalue weighted by Crippen LogP contribution is 2.42. The van der Waals surface area contributed by atoms with Gasteiger partial charge in [-0.05, 0) is 62.7 Å². The number of amides is 1. The summed E-state index contributed by atoms with van der Waals surface area (Å²) in [5.41, 5.74) is 2.44. The van der Waals surface area contributed by atoms with Gasteiger partial charge in [0, 0.05) is 17.7 Å². The number of benzene rings is 3. The van der Waals surface area contributed by atoms with Crippen LogP contribution in [0.2, 0.25) is 5.02 Å². The molecule has 1 aliphatic heterocycles. The lowest BCUT2D eigenvalue weighted by Crippen LogP contribution is -2.25. The van der Waals surface area contributed by atoms with Crippen molar-refractivity contribution in [2.24, 2.45) is 0 Å². The zero-order chi connectivity index (χ0) is 25.8. The van der Waals surface area contributed by atoms with Gasteiger partial charge in [0.05, 0.1) is 32.9 Å². The fourth-order valence-corrected chi connectivity index (χ4v) is 4.45. The van der Waals surface area contributed by atoms with E-state index in [1.54, 1.807) is 12.1 Å². The topological polar surface area (TPSA) is 79.0 Å². The van der Waals surface area contributed by atoms with E-state index in [1.807, 2.05) is 32.9 Å². The minimum Gasteiger partial charge on any atom is -0.486 e. The van der Waals surface area contributed by atoms with E-state index in [9.17, 15) is 18.0 Å². The number of carbonyl (C=O) groups excluding carboxylic acids is 1. The number of aromatic amines is 1. The van der Waals surface area contributed by atoms with Crippen LogP contribution in [0.1, 0.15) is 40.9 Å². The fourth-order valence-electron chi connectivity index (χ4n) is 4.28. The number of imidazole rings is 1.